The first-order chi connectivity index (χ1) is 10.6. The number of carbonyl (C=O) groups excluding carboxylic acids is 2. The molecular weight excluding hydrogens is 318 g/mol. The zero-order valence-electron chi connectivity index (χ0n) is 12.6. The number of nitrogens with zero attached hydrogens (tertiary/aromatic N) is 2. The van der Waals surface area contributed by atoms with E-state index in [2.05, 4.69) is 17.2 Å². The second-order valence-corrected chi connectivity index (χ2v) is 8.94. The molecule has 7 heteroatoms. The number of hydrogen-bond donors (Lipinski definition) is 1. The number of aromatic nitrogens is 1. The third kappa shape index (κ3) is 2.25. The third-order valence-corrected chi connectivity index (χ3v) is 7.40. The minimum Gasteiger partial charge on any atom is -0.315 e. The first kappa shape index (κ1) is 14.5. The van der Waals surface area contributed by atoms with E-state index in [-0.39, 0.29) is 22.7 Å². The van der Waals surface area contributed by atoms with Crippen molar-refractivity contribution in [1.29, 1.82) is 0 Å². The number of rotatable bonds is 2. The zero-order chi connectivity index (χ0) is 15.3. The summed E-state index contributed by atoms with van der Waals surface area (Å²) in [5.74, 6) is 0.697. The first-order valence-electron chi connectivity index (χ1n) is 7.82. The smallest absolute Gasteiger partial charge is 0.249 e. The summed E-state index contributed by atoms with van der Waals surface area (Å²) in [6.07, 6.45) is 5.88. The molecule has 4 rings (SSSR count). The van der Waals surface area contributed by atoms with Crippen molar-refractivity contribution in [2.45, 2.75) is 56.4 Å². The van der Waals surface area contributed by atoms with Crippen molar-refractivity contribution in [3.63, 3.8) is 0 Å². The second kappa shape index (κ2) is 5.23. The van der Waals surface area contributed by atoms with Crippen LogP contribution in [0.25, 0.3) is 0 Å². The van der Waals surface area contributed by atoms with E-state index in [1.165, 1.54) is 17.7 Å². The number of thiazole rings is 1. The second-order valence-electron chi connectivity index (χ2n) is 6.35. The molecule has 2 saturated heterocycles. The average molecular weight is 337 g/mol. The van der Waals surface area contributed by atoms with Gasteiger partial charge in [0.15, 0.2) is 5.13 Å². The Morgan fingerprint density at radius 2 is 2.18 bits per heavy atom. The van der Waals surface area contributed by atoms with Crippen molar-refractivity contribution in [3.8, 4) is 0 Å². The maximum Gasteiger partial charge on any atom is 0.249 e. The Bertz CT molecular complexity index is 621. The molecule has 0 spiro atoms. The van der Waals surface area contributed by atoms with Crippen LogP contribution in [0.2, 0.25) is 0 Å². The molecule has 2 fully saturated rings. The van der Waals surface area contributed by atoms with Gasteiger partial charge in [0.2, 0.25) is 11.8 Å². The van der Waals surface area contributed by atoms with E-state index < -0.39 is 0 Å². The van der Waals surface area contributed by atoms with Crippen molar-refractivity contribution >= 4 is 40.0 Å². The molecule has 0 unspecified atom stereocenters. The fraction of sp³-hybridized carbons (Fsp3) is 0.667. The predicted octanol–water partition coefficient (Wildman–Crippen LogP) is 2.41. The largest absolute Gasteiger partial charge is 0.315 e. The van der Waals surface area contributed by atoms with Crippen LogP contribution in [0.1, 0.15) is 43.2 Å². The summed E-state index contributed by atoms with van der Waals surface area (Å²) in [7, 11) is 0. The predicted molar refractivity (Wildman–Crippen MR) is 88.1 cm³/mol. The van der Waals surface area contributed by atoms with E-state index in [0.29, 0.717) is 17.3 Å². The lowest BCUT2D eigenvalue weighted by molar-refractivity contribution is -0.135. The molecular formula is C15H19N3O2S2. The van der Waals surface area contributed by atoms with Gasteiger partial charge in [-0.05, 0) is 39.0 Å². The Morgan fingerprint density at radius 3 is 3.00 bits per heavy atom. The Balaban J connectivity index is 1.50. The summed E-state index contributed by atoms with van der Waals surface area (Å²) >= 11 is 3.31. The molecule has 1 aliphatic carbocycles. The van der Waals surface area contributed by atoms with Gasteiger partial charge in [-0.15, -0.1) is 23.1 Å². The molecule has 3 heterocycles. The summed E-state index contributed by atoms with van der Waals surface area (Å²) in [4.78, 5) is 32.2. The number of aryl methyl sites for hydroxylation is 2. The van der Waals surface area contributed by atoms with E-state index in [1.807, 2.05) is 0 Å². The molecule has 1 aromatic heterocycles. The maximum atomic E-state index is 12.6. The fourth-order valence-corrected chi connectivity index (χ4v) is 6.09. The van der Waals surface area contributed by atoms with E-state index in [9.17, 15) is 9.59 Å². The van der Waals surface area contributed by atoms with Crippen LogP contribution in [0.3, 0.4) is 0 Å². The van der Waals surface area contributed by atoms with Crippen molar-refractivity contribution in [3.05, 3.63) is 10.6 Å². The lowest BCUT2D eigenvalue weighted by Crippen LogP contribution is -2.48. The van der Waals surface area contributed by atoms with Crippen LogP contribution in [0.15, 0.2) is 0 Å². The van der Waals surface area contributed by atoms with Gasteiger partial charge in [-0.25, -0.2) is 4.98 Å². The molecule has 0 bridgehead atoms. The van der Waals surface area contributed by atoms with E-state index in [4.69, 9.17) is 0 Å². The van der Waals surface area contributed by atoms with Crippen molar-refractivity contribution in [2.24, 2.45) is 0 Å². The molecule has 2 amide bonds. The Kier molecular flexibility index (Phi) is 3.45. The Labute approximate surface area is 137 Å². The van der Waals surface area contributed by atoms with Crippen LogP contribution in [0, 0.1) is 0 Å². The van der Waals surface area contributed by atoms with Crippen LogP contribution in [-0.2, 0) is 22.4 Å². The van der Waals surface area contributed by atoms with Gasteiger partial charge in [0.1, 0.15) is 6.04 Å². The van der Waals surface area contributed by atoms with Gasteiger partial charge in [0, 0.05) is 17.1 Å². The number of fused-ring (bicyclic) bond motifs is 2. The highest BCUT2D eigenvalue weighted by atomic mass is 32.2. The zero-order valence-corrected chi connectivity index (χ0v) is 14.2. The highest BCUT2D eigenvalue weighted by Gasteiger charge is 2.52. The van der Waals surface area contributed by atoms with E-state index in [0.717, 1.165) is 25.0 Å². The van der Waals surface area contributed by atoms with E-state index in [1.54, 1.807) is 28.0 Å². The van der Waals surface area contributed by atoms with Crippen molar-refractivity contribution in [2.75, 3.05) is 11.1 Å². The van der Waals surface area contributed by atoms with E-state index >= 15 is 0 Å². The summed E-state index contributed by atoms with van der Waals surface area (Å²) in [6.45, 7) is 2.07. The molecule has 1 aromatic rings. The molecule has 2 atom stereocenters. The number of hydrogen-bond acceptors (Lipinski definition) is 5. The fourth-order valence-electron chi connectivity index (χ4n) is 3.61. The molecule has 0 radical (unpaired) electrons. The van der Waals surface area contributed by atoms with Gasteiger partial charge in [-0.1, -0.05) is 0 Å². The minimum absolute atomic E-state index is 0.0856. The van der Waals surface area contributed by atoms with Crippen LogP contribution >= 0.6 is 23.1 Å². The minimum atomic E-state index is -0.356. The number of carbonyl (C=O) groups is 2. The summed E-state index contributed by atoms with van der Waals surface area (Å²) in [5.41, 5.74) is 1.15. The lowest BCUT2D eigenvalue weighted by Gasteiger charge is -2.29. The maximum absolute atomic E-state index is 12.6. The molecule has 22 heavy (non-hydrogen) atoms. The summed E-state index contributed by atoms with van der Waals surface area (Å²) in [6, 6.07) is -0.356. The molecule has 0 saturated carbocycles. The Morgan fingerprint density at radius 1 is 1.36 bits per heavy atom. The summed E-state index contributed by atoms with van der Waals surface area (Å²) < 4.78 is 0. The standard InChI is InChI=1S/C15H19N3O2S2/c1-15-7-6-12(19)18(15)10(8-21-15)13(20)17-14-16-9-4-2-3-5-11(9)22-14/h10H,2-8H2,1H3,(H,16,17,20)/t10-,15+/m1/s1. The number of nitrogens with one attached hydrogen (secondary N) is 1. The highest BCUT2D eigenvalue weighted by molar-refractivity contribution is 8.01. The lowest BCUT2D eigenvalue weighted by atomic mass is 10.0. The first-order valence-corrected chi connectivity index (χ1v) is 9.63. The third-order valence-electron chi connectivity index (χ3n) is 4.82. The topological polar surface area (TPSA) is 62.3 Å². The van der Waals surface area contributed by atoms with Gasteiger partial charge < -0.3 is 10.2 Å². The van der Waals surface area contributed by atoms with Gasteiger partial charge in [-0.3, -0.25) is 9.59 Å². The highest BCUT2D eigenvalue weighted by Crippen LogP contribution is 2.47. The van der Waals surface area contributed by atoms with Gasteiger partial charge in [-0.2, -0.15) is 0 Å². The molecule has 118 valence electrons. The monoisotopic (exact) mass is 337 g/mol. The molecule has 1 N–H and O–H groups in total. The number of thioether (sulfide) groups is 1. The molecule has 0 aromatic carbocycles. The van der Waals surface area contributed by atoms with Gasteiger partial charge >= 0.3 is 0 Å². The van der Waals surface area contributed by atoms with Crippen LogP contribution in [0.4, 0.5) is 5.13 Å². The summed E-state index contributed by atoms with van der Waals surface area (Å²) in [5, 5.41) is 3.65. The average Bonchev–Trinajstić information content (AvgIpc) is 3.12. The van der Waals surface area contributed by atoms with Crippen molar-refractivity contribution < 1.29 is 9.59 Å². The van der Waals surface area contributed by atoms with Crippen LogP contribution in [-0.4, -0.2) is 38.4 Å². The van der Waals surface area contributed by atoms with Crippen LogP contribution < -0.4 is 5.32 Å². The van der Waals surface area contributed by atoms with Crippen LogP contribution in [0.5, 0.6) is 0 Å². The molecule has 3 aliphatic rings. The van der Waals surface area contributed by atoms with Crippen molar-refractivity contribution in [1.82, 2.24) is 9.88 Å². The SMILES string of the molecule is C[C@]12CCC(=O)N1[C@@H](C(=O)Nc1nc3c(s1)CCCC3)CS2. The van der Waals surface area contributed by atoms with Gasteiger partial charge in [0.25, 0.3) is 0 Å². The number of anilines is 1. The molecule has 2 aliphatic heterocycles. The number of amides is 2. The molecule has 5 nitrogen and oxygen atoms in total. The Hall–Kier alpha value is -1.08. The quantitative estimate of drug-likeness (QED) is 0.900. The van der Waals surface area contributed by atoms with Gasteiger partial charge in [0.05, 0.1) is 10.6 Å². The normalized spacial score (nSPS) is 30.3.